The number of aromatic nitrogens is 1. The first-order chi connectivity index (χ1) is 22.9. The molecular weight excluding hydrogens is 582 g/mol. The van der Waals surface area contributed by atoms with E-state index >= 15 is 0 Å². The van der Waals surface area contributed by atoms with Crippen molar-refractivity contribution in [3.63, 3.8) is 0 Å². The molecule has 7 heteroatoms. The molecule has 1 atom stereocenters. The molecule has 2 aromatic carbocycles. The summed E-state index contributed by atoms with van der Waals surface area (Å²) in [6, 6.07) is 23.3. The van der Waals surface area contributed by atoms with Gasteiger partial charge in [0, 0.05) is 49.6 Å². The van der Waals surface area contributed by atoms with Crippen LogP contribution in [-0.2, 0) is 16.8 Å². The van der Waals surface area contributed by atoms with Crippen LogP contribution in [0.3, 0.4) is 0 Å². The summed E-state index contributed by atoms with van der Waals surface area (Å²) in [6.45, 7) is 11.3. The van der Waals surface area contributed by atoms with Crippen molar-refractivity contribution < 1.29 is 9.53 Å². The van der Waals surface area contributed by atoms with Crippen LogP contribution in [0, 0.1) is 17.8 Å². The summed E-state index contributed by atoms with van der Waals surface area (Å²) in [4.78, 5) is 25.3. The molecule has 2 saturated heterocycles. The highest BCUT2D eigenvalue weighted by molar-refractivity contribution is 5.91. The van der Waals surface area contributed by atoms with Gasteiger partial charge >= 0.3 is 0 Å². The van der Waals surface area contributed by atoms with Crippen molar-refractivity contribution in [2.45, 2.75) is 76.4 Å². The van der Waals surface area contributed by atoms with Crippen molar-refractivity contribution in [3.05, 3.63) is 95.8 Å². The van der Waals surface area contributed by atoms with Crippen LogP contribution >= 0.6 is 0 Å². The van der Waals surface area contributed by atoms with Crippen LogP contribution in [0.2, 0.25) is 0 Å². The van der Waals surface area contributed by atoms with Crippen LogP contribution in [0.15, 0.2) is 79.1 Å². The SMILES string of the molecule is COc1ccncc1CN1CCC(N(CC#CCCCCN2CCC(C(C(N)=O)(c3ccccc3)c3ccccc3)C2)C(C)C)CC1. The molecule has 3 aromatic rings. The summed E-state index contributed by atoms with van der Waals surface area (Å²) in [5.41, 5.74) is 8.59. The molecule has 2 aliphatic heterocycles. The second-order valence-electron chi connectivity index (χ2n) is 13.5. The van der Waals surface area contributed by atoms with Gasteiger partial charge in [-0.3, -0.25) is 19.6 Å². The molecule has 1 unspecified atom stereocenters. The predicted molar refractivity (Wildman–Crippen MR) is 190 cm³/mol. The fourth-order valence-electron chi connectivity index (χ4n) is 7.82. The van der Waals surface area contributed by atoms with Crippen molar-refractivity contribution in [3.8, 4) is 17.6 Å². The van der Waals surface area contributed by atoms with Gasteiger partial charge in [0.25, 0.3) is 0 Å². The lowest BCUT2D eigenvalue weighted by molar-refractivity contribution is -0.123. The Kier molecular flexibility index (Phi) is 12.5. The number of unbranched alkanes of at least 4 members (excludes halogenated alkanes) is 2. The number of carbonyl (C=O) groups is 1. The molecule has 1 aromatic heterocycles. The van der Waals surface area contributed by atoms with Crippen LogP contribution in [0.1, 0.15) is 69.1 Å². The molecule has 2 N–H and O–H groups in total. The van der Waals surface area contributed by atoms with Crippen LogP contribution in [0.4, 0.5) is 0 Å². The molecule has 5 rings (SSSR count). The Bertz CT molecular complexity index is 1420. The van der Waals surface area contributed by atoms with Gasteiger partial charge in [0.05, 0.1) is 13.7 Å². The zero-order chi connectivity index (χ0) is 33.1. The highest BCUT2D eigenvalue weighted by Crippen LogP contribution is 2.43. The number of carbonyl (C=O) groups excluding carboxylic acids is 1. The summed E-state index contributed by atoms with van der Waals surface area (Å²) in [7, 11) is 1.73. The summed E-state index contributed by atoms with van der Waals surface area (Å²) in [6.07, 6.45) is 10.1. The maximum atomic E-state index is 13.3. The Balaban J connectivity index is 1.07. The summed E-state index contributed by atoms with van der Waals surface area (Å²) in [5, 5.41) is 0. The van der Waals surface area contributed by atoms with Crippen molar-refractivity contribution >= 4 is 5.91 Å². The van der Waals surface area contributed by atoms with Crippen molar-refractivity contribution in [2.24, 2.45) is 11.7 Å². The zero-order valence-electron chi connectivity index (χ0n) is 28.6. The fraction of sp³-hybridized carbons (Fsp3) is 0.500. The number of piperidine rings is 1. The van der Waals surface area contributed by atoms with E-state index in [2.05, 4.69) is 69.6 Å². The molecule has 0 aliphatic carbocycles. The average molecular weight is 636 g/mol. The van der Waals surface area contributed by atoms with Gasteiger partial charge in [-0.15, -0.1) is 5.92 Å². The molecule has 2 aliphatic rings. The molecule has 0 bridgehead atoms. The van der Waals surface area contributed by atoms with Crippen molar-refractivity contribution in [1.29, 1.82) is 0 Å². The topological polar surface area (TPSA) is 74.9 Å². The Labute approximate surface area is 282 Å². The van der Waals surface area contributed by atoms with Crippen LogP contribution < -0.4 is 10.5 Å². The predicted octanol–water partition coefficient (Wildman–Crippen LogP) is 5.73. The standard InChI is InChI=1S/C40H53N5O2/c1-32(2)45(37-21-27-44(28-22-37)30-33-29-42-23-19-38(33)47-3)25-14-6-4-5-13-24-43-26-20-36(31-43)40(39(41)46,34-15-9-7-10-16-34)35-17-11-8-12-18-35/h7-12,15-19,23,29,32,36-37H,4-5,13,20-22,24-28,30-31H2,1-3H3,(H2,41,46). The first-order valence-corrected chi connectivity index (χ1v) is 17.5. The minimum Gasteiger partial charge on any atom is -0.496 e. The number of ether oxygens (including phenoxy) is 1. The Morgan fingerprint density at radius 2 is 1.62 bits per heavy atom. The third-order valence-electron chi connectivity index (χ3n) is 10.3. The van der Waals surface area contributed by atoms with Gasteiger partial charge in [0.1, 0.15) is 11.2 Å². The van der Waals surface area contributed by atoms with E-state index in [9.17, 15) is 4.79 Å². The highest BCUT2D eigenvalue weighted by Gasteiger charge is 2.49. The van der Waals surface area contributed by atoms with Gasteiger partial charge in [-0.05, 0) is 95.2 Å². The number of rotatable bonds is 14. The number of likely N-dealkylation sites (tertiary alicyclic amines) is 2. The van der Waals surface area contributed by atoms with E-state index in [1.54, 1.807) is 13.3 Å². The number of pyridine rings is 1. The van der Waals surface area contributed by atoms with Gasteiger partial charge in [-0.25, -0.2) is 0 Å². The van der Waals surface area contributed by atoms with Gasteiger partial charge in [0.15, 0.2) is 0 Å². The average Bonchev–Trinajstić information content (AvgIpc) is 3.56. The van der Waals surface area contributed by atoms with Crippen LogP contribution in [0.25, 0.3) is 0 Å². The maximum absolute atomic E-state index is 13.3. The fourth-order valence-corrected chi connectivity index (χ4v) is 7.82. The first-order valence-electron chi connectivity index (χ1n) is 17.5. The van der Waals surface area contributed by atoms with E-state index in [0.717, 1.165) is 107 Å². The second-order valence-corrected chi connectivity index (χ2v) is 13.5. The number of nitrogens with two attached hydrogens (primary N) is 1. The number of primary amides is 1. The smallest absolute Gasteiger partial charge is 0.232 e. The van der Waals surface area contributed by atoms with E-state index in [1.165, 1.54) is 0 Å². The van der Waals surface area contributed by atoms with Crippen LogP contribution in [-0.4, -0.2) is 84.1 Å². The lowest BCUT2D eigenvalue weighted by Gasteiger charge is -2.39. The van der Waals surface area contributed by atoms with E-state index in [4.69, 9.17) is 10.5 Å². The molecule has 2 fully saturated rings. The Morgan fingerprint density at radius 3 is 2.23 bits per heavy atom. The molecule has 3 heterocycles. The highest BCUT2D eigenvalue weighted by atomic mass is 16.5. The number of nitrogens with zero attached hydrogens (tertiary/aromatic N) is 4. The van der Waals surface area contributed by atoms with Crippen molar-refractivity contribution in [2.75, 3.05) is 46.4 Å². The third kappa shape index (κ3) is 8.43. The van der Waals surface area contributed by atoms with E-state index < -0.39 is 5.41 Å². The number of hydrogen-bond donors (Lipinski definition) is 1. The molecule has 0 saturated carbocycles. The lowest BCUT2D eigenvalue weighted by atomic mass is 9.64. The summed E-state index contributed by atoms with van der Waals surface area (Å²) in [5.74, 6) is 7.78. The quantitative estimate of drug-likeness (QED) is 0.180. The molecule has 1 amide bonds. The number of benzene rings is 2. The zero-order valence-corrected chi connectivity index (χ0v) is 28.6. The molecular formula is C40H53N5O2. The number of methoxy groups -OCH3 is 1. The van der Waals surface area contributed by atoms with Gasteiger partial charge in [0.2, 0.25) is 5.91 Å². The number of hydrogen-bond acceptors (Lipinski definition) is 6. The van der Waals surface area contributed by atoms with E-state index in [1.807, 2.05) is 48.7 Å². The van der Waals surface area contributed by atoms with E-state index in [-0.39, 0.29) is 11.8 Å². The number of amides is 1. The van der Waals surface area contributed by atoms with Crippen molar-refractivity contribution in [1.82, 2.24) is 19.7 Å². The first kappa shape index (κ1) is 34.6. The summed E-state index contributed by atoms with van der Waals surface area (Å²) < 4.78 is 5.53. The largest absolute Gasteiger partial charge is 0.496 e. The molecule has 0 spiro atoms. The Morgan fingerprint density at radius 1 is 0.957 bits per heavy atom. The van der Waals surface area contributed by atoms with Gasteiger partial charge < -0.3 is 15.4 Å². The van der Waals surface area contributed by atoms with Gasteiger partial charge in [-0.1, -0.05) is 66.6 Å². The molecule has 47 heavy (non-hydrogen) atoms. The molecule has 7 nitrogen and oxygen atoms in total. The summed E-state index contributed by atoms with van der Waals surface area (Å²) >= 11 is 0. The monoisotopic (exact) mass is 635 g/mol. The van der Waals surface area contributed by atoms with E-state index in [0.29, 0.717) is 12.1 Å². The molecule has 250 valence electrons. The maximum Gasteiger partial charge on any atom is 0.232 e. The Hall–Kier alpha value is -3.70. The minimum absolute atomic E-state index is 0.136. The van der Waals surface area contributed by atoms with Crippen LogP contribution in [0.5, 0.6) is 5.75 Å². The molecule has 0 radical (unpaired) electrons. The van der Waals surface area contributed by atoms with Gasteiger partial charge in [-0.2, -0.15) is 0 Å². The minimum atomic E-state index is -0.825. The second kappa shape index (κ2) is 16.9. The normalized spacial score (nSPS) is 17.9. The third-order valence-corrected chi connectivity index (χ3v) is 10.3. The lowest BCUT2D eigenvalue weighted by Crippen LogP contribution is -2.49.